The van der Waals surface area contributed by atoms with E-state index in [1.54, 1.807) is 16.7 Å². The van der Waals surface area contributed by atoms with Crippen LogP contribution in [0.25, 0.3) is 0 Å². The lowest BCUT2D eigenvalue weighted by molar-refractivity contribution is -0.119. The zero-order valence-corrected chi connectivity index (χ0v) is 12.9. The third-order valence-electron chi connectivity index (χ3n) is 3.41. The molecule has 0 bridgehead atoms. The number of carbonyl (C=O) groups is 1. The van der Waals surface area contributed by atoms with Crippen molar-refractivity contribution < 1.29 is 4.79 Å². The number of rotatable bonds is 2. The van der Waals surface area contributed by atoms with Crippen LogP contribution >= 0.6 is 23.4 Å². The Morgan fingerprint density at radius 1 is 1.19 bits per heavy atom. The highest BCUT2D eigenvalue weighted by Gasteiger charge is 2.28. The minimum atomic E-state index is -0.477. The molecule has 1 atom stereocenters. The van der Waals surface area contributed by atoms with Crippen LogP contribution in [0.2, 0.25) is 5.02 Å². The van der Waals surface area contributed by atoms with Gasteiger partial charge in [0.1, 0.15) is 0 Å². The predicted octanol–water partition coefficient (Wildman–Crippen LogP) is 3.31. The van der Waals surface area contributed by atoms with Crippen LogP contribution in [-0.2, 0) is 11.3 Å². The molecular formula is C16H15ClN2OS. The molecule has 0 spiro atoms. The summed E-state index contributed by atoms with van der Waals surface area (Å²) in [6, 6.07) is 15.0. The Hall–Kier alpha value is -1.49. The number of para-hydroxylation sites is 1. The van der Waals surface area contributed by atoms with E-state index in [0.717, 1.165) is 16.1 Å². The van der Waals surface area contributed by atoms with E-state index in [1.165, 1.54) is 0 Å². The SMILES string of the molecule is N[C@H]1CSc2ccccc2N(Cc2ccc(Cl)cc2)C1=O. The van der Waals surface area contributed by atoms with Crippen LogP contribution in [0.3, 0.4) is 0 Å². The van der Waals surface area contributed by atoms with Crippen molar-refractivity contribution in [3.05, 3.63) is 59.1 Å². The zero-order valence-electron chi connectivity index (χ0n) is 11.3. The third kappa shape index (κ3) is 3.07. The standard InChI is InChI=1S/C16H15ClN2OS/c17-12-7-5-11(6-8-12)9-19-14-3-1-2-4-15(14)21-10-13(18)16(19)20/h1-8,13H,9-10,18H2/t13-/m0/s1. The second-order valence-electron chi connectivity index (χ2n) is 4.94. The smallest absolute Gasteiger partial charge is 0.245 e. The minimum Gasteiger partial charge on any atom is -0.319 e. The van der Waals surface area contributed by atoms with Gasteiger partial charge in [0.15, 0.2) is 0 Å². The lowest BCUT2D eigenvalue weighted by Crippen LogP contribution is -2.43. The lowest BCUT2D eigenvalue weighted by atomic mass is 10.1. The molecule has 21 heavy (non-hydrogen) atoms. The number of hydrogen-bond acceptors (Lipinski definition) is 3. The molecule has 0 aromatic heterocycles. The fourth-order valence-corrected chi connectivity index (χ4v) is 3.44. The maximum Gasteiger partial charge on any atom is 0.245 e. The highest BCUT2D eigenvalue weighted by atomic mass is 35.5. The van der Waals surface area contributed by atoms with Crippen LogP contribution in [0.4, 0.5) is 5.69 Å². The van der Waals surface area contributed by atoms with Gasteiger partial charge in [-0.15, -0.1) is 11.8 Å². The highest BCUT2D eigenvalue weighted by molar-refractivity contribution is 7.99. The number of nitrogens with two attached hydrogens (primary N) is 1. The highest BCUT2D eigenvalue weighted by Crippen LogP contribution is 2.34. The molecule has 108 valence electrons. The van der Waals surface area contributed by atoms with Crippen LogP contribution in [0.1, 0.15) is 5.56 Å². The number of nitrogens with zero attached hydrogens (tertiary/aromatic N) is 1. The van der Waals surface area contributed by atoms with Crippen molar-refractivity contribution in [1.82, 2.24) is 0 Å². The Morgan fingerprint density at radius 2 is 1.90 bits per heavy atom. The molecule has 2 aromatic rings. The van der Waals surface area contributed by atoms with Crippen LogP contribution in [0.5, 0.6) is 0 Å². The second kappa shape index (κ2) is 6.10. The lowest BCUT2D eigenvalue weighted by Gasteiger charge is -2.24. The zero-order chi connectivity index (χ0) is 14.8. The molecule has 0 saturated carbocycles. The predicted molar refractivity (Wildman–Crippen MR) is 87.8 cm³/mol. The summed E-state index contributed by atoms with van der Waals surface area (Å²) in [7, 11) is 0. The molecular weight excluding hydrogens is 304 g/mol. The van der Waals surface area contributed by atoms with Gasteiger partial charge in [0.25, 0.3) is 0 Å². The summed E-state index contributed by atoms with van der Waals surface area (Å²) in [5.74, 6) is 0.565. The van der Waals surface area contributed by atoms with Gasteiger partial charge in [-0.3, -0.25) is 4.79 Å². The quantitative estimate of drug-likeness (QED) is 0.924. The molecule has 5 heteroatoms. The number of anilines is 1. The average molecular weight is 319 g/mol. The molecule has 2 aromatic carbocycles. The molecule has 1 aliphatic heterocycles. The first-order chi connectivity index (χ1) is 10.1. The largest absolute Gasteiger partial charge is 0.319 e. The summed E-state index contributed by atoms with van der Waals surface area (Å²) >= 11 is 7.54. The molecule has 1 heterocycles. The van der Waals surface area contributed by atoms with Gasteiger partial charge in [0.2, 0.25) is 5.91 Å². The first kappa shape index (κ1) is 14.4. The van der Waals surface area contributed by atoms with Gasteiger partial charge in [-0.2, -0.15) is 0 Å². The van der Waals surface area contributed by atoms with Crippen LogP contribution in [0.15, 0.2) is 53.4 Å². The van der Waals surface area contributed by atoms with Crippen molar-refractivity contribution >= 4 is 35.0 Å². The Bertz CT molecular complexity index is 660. The van der Waals surface area contributed by atoms with E-state index in [0.29, 0.717) is 17.3 Å². The van der Waals surface area contributed by atoms with E-state index < -0.39 is 6.04 Å². The van der Waals surface area contributed by atoms with Gasteiger partial charge in [0.05, 0.1) is 18.3 Å². The summed E-state index contributed by atoms with van der Waals surface area (Å²) in [4.78, 5) is 15.4. The normalized spacial score (nSPS) is 18.3. The van der Waals surface area contributed by atoms with Crippen molar-refractivity contribution in [2.45, 2.75) is 17.5 Å². The Labute approximate surface area is 133 Å². The molecule has 0 radical (unpaired) electrons. The fourth-order valence-electron chi connectivity index (χ4n) is 2.31. The Balaban J connectivity index is 1.97. The van der Waals surface area contributed by atoms with E-state index in [-0.39, 0.29) is 5.91 Å². The van der Waals surface area contributed by atoms with Crippen LogP contribution in [-0.4, -0.2) is 17.7 Å². The maximum atomic E-state index is 12.5. The average Bonchev–Trinajstić information content (AvgIpc) is 2.62. The number of amides is 1. The topological polar surface area (TPSA) is 46.3 Å². The van der Waals surface area contributed by atoms with E-state index in [2.05, 4.69) is 0 Å². The second-order valence-corrected chi connectivity index (χ2v) is 6.43. The summed E-state index contributed by atoms with van der Waals surface area (Å²) in [6.45, 7) is 0.501. The molecule has 1 aliphatic rings. The van der Waals surface area contributed by atoms with E-state index in [9.17, 15) is 4.79 Å². The molecule has 0 fully saturated rings. The molecule has 1 amide bonds. The number of hydrogen-bond donors (Lipinski definition) is 1. The summed E-state index contributed by atoms with van der Waals surface area (Å²) < 4.78 is 0. The van der Waals surface area contributed by atoms with Gasteiger partial charge in [-0.05, 0) is 29.8 Å². The van der Waals surface area contributed by atoms with Crippen molar-refractivity contribution in [2.75, 3.05) is 10.7 Å². The van der Waals surface area contributed by atoms with Crippen molar-refractivity contribution in [2.24, 2.45) is 5.73 Å². The first-order valence-electron chi connectivity index (χ1n) is 6.68. The summed E-state index contributed by atoms with van der Waals surface area (Å²) in [5, 5.41) is 0.689. The molecule has 0 saturated heterocycles. The minimum absolute atomic E-state index is 0.0394. The van der Waals surface area contributed by atoms with E-state index >= 15 is 0 Å². The number of fused-ring (bicyclic) bond motifs is 1. The van der Waals surface area contributed by atoms with Crippen molar-refractivity contribution in [1.29, 1.82) is 0 Å². The molecule has 2 N–H and O–H groups in total. The first-order valence-corrected chi connectivity index (χ1v) is 8.05. The van der Waals surface area contributed by atoms with Crippen molar-refractivity contribution in [3.8, 4) is 0 Å². The molecule has 0 unspecified atom stereocenters. The maximum absolute atomic E-state index is 12.5. The third-order valence-corrected chi connectivity index (χ3v) is 4.85. The summed E-state index contributed by atoms with van der Waals surface area (Å²) in [5.41, 5.74) is 7.95. The monoisotopic (exact) mass is 318 g/mol. The van der Waals surface area contributed by atoms with Gasteiger partial charge in [0, 0.05) is 15.7 Å². The van der Waals surface area contributed by atoms with E-state index in [1.807, 2.05) is 48.5 Å². The van der Waals surface area contributed by atoms with Crippen molar-refractivity contribution in [3.63, 3.8) is 0 Å². The Morgan fingerprint density at radius 3 is 2.67 bits per heavy atom. The Kier molecular flexibility index (Phi) is 4.19. The van der Waals surface area contributed by atoms with E-state index in [4.69, 9.17) is 17.3 Å². The number of thioether (sulfide) groups is 1. The number of benzene rings is 2. The molecule has 0 aliphatic carbocycles. The van der Waals surface area contributed by atoms with Gasteiger partial charge in [-0.1, -0.05) is 35.9 Å². The number of halogens is 1. The van der Waals surface area contributed by atoms with Crippen LogP contribution in [0, 0.1) is 0 Å². The van der Waals surface area contributed by atoms with Gasteiger partial charge >= 0.3 is 0 Å². The van der Waals surface area contributed by atoms with Gasteiger partial charge in [-0.25, -0.2) is 0 Å². The van der Waals surface area contributed by atoms with Crippen LogP contribution < -0.4 is 10.6 Å². The molecule has 3 rings (SSSR count). The number of carbonyl (C=O) groups excluding carboxylic acids is 1. The van der Waals surface area contributed by atoms with Gasteiger partial charge < -0.3 is 10.6 Å². The fraction of sp³-hybridized carbons (Fsp3) is 0.188. The summed E-state index contributed by atoms with van der Waals surface area (Å²) in [6.07, 6.45) is 0. The molecule has 3 nitrogen and oxygen atoms in total.